The lowest BCUT2D eigenvalue weighted by molar-refractivity contribution is 0.273. The molecule has 0 saturated heterocycles. The Balaban J connectivity index is 2.99. The number of aryl methyl sites for hydroxylation is 1. The first-order valence-electron chi connectivity index (χ1n) is 5.80. The molecule has 1 rings (SSSR count). The van der Waals surface area contributed by atoms with Crippen molar-refractivity contribution < 1.29 is 4.42 Å². The van der Waals surface area contributed by atoms with Gasteiger partial charge in [-0.2, -0.15) is 0 Å². The zero-order chi connectivity index (χ0) is 11.5. The molecule has 86 valence electrons. The molecule has 1 aromatic rings. The number of nitrogens with one attached hydrogen (secondary N) is 1. The van der Waals surface area contributed by atoms with Gasteiger partial charge in [-0.3, -0.25) is 0 Å². The quantitative estimate of drug-likeness (QED) is 0.820. The van der Waals surface area contributed by atoms with Gasteiger partial charge in [0.15, 0.2) is 0 Å². The third-order valence-electron chi connectivity index (χ3n) is 2.69. The van der Waals surface area contributed by atoms with Gasteiger partial charge in [-0.25, -0.2) is 0 Å². The van der Waals surface area contributed by atoms with Gasteiger partial charge in [0.25, 0.3) is 0 Å². The highest BCUT2D eigenvalue weighted by Crippen LogP contribution is 2.34. The first-order chi connectivity index (χ1) is 7.00. The van der Waals surface area contributed by atoms with Crippen molar-refractivity contribution in [3.05, 3.63) is 23.7 Å². The number of hydrogen-bond donors (Lipinski definition) is 1. The average Bonchev–Trinajstić information content (AvgIpc) is 2.59. The normalized spacial score (nSPS) is 14.2. The Hall–Kier alpha value is -0.760. The molecule has 15 heavy (non-hydrogen) atoms. The molecule has 0 radical (unpaired) electrons. The van der Waals surface area contributed by atoms with Crippen molar-refractivity contribution in [2.75, 3.05) is 6.54 Å². The topological polar surface area (TPSA) is 25.2 Å². The third-order valence-corrected chi connectivity index (χ3v) is 2.69. The second-order valence-corrected chi connectivity index (χ2v) is 5.01. The molecule has 2 heteroatoms. The molecule has 1 aromatic heterocycles. The largest absolute Gasteiger partial charge is 0.469 e. The summed E-state index contributed by atoms with van der Waals surface area (Å²) in [7, 11) is 0. The molecule has 0 fully saturated rings. The van der Waals surface area contributed by atoms with Gasteiger partial charge in [0.1, 0.15) is 5.76 Å². The van der Waals surface area contributed by atoms with Crippen molar-refractivity contribution >= 4 is 0 Å². The van der Waals surface area contributed by atoms with Gasteiger partial charge in [-0.05, 0) is 18.0 Å². The smallest absolute Gasteiger partial charge is 0.108 e. The van der Waals surface area contributed by atoms with Crippen LogP contribution in [0.2, 0.25) is 0 Å². The van der Waals surface area contributed by atoms with E-state index >= 15 is 0 Å². The highest BCUT2D eigenvalue weighted by Gasteiger charge is 2.28. The van der Waals surface area contributed by atoms with Crippen LogP contribution in [0.15, 0.2) is 16.7 Å². The van der Waals surface area contributed by atoms with Crippen LogP contribution in [0.3, 0.4) is 0 Å². The molecule has 0 aliphatic carbocycles. The minimum absolute atomic E-state index is 0.212. The fourth-order valence-corrected chi connectivity index (χ4v) is 1.98. The van der Waals surface area contributed by atoms with E-state index in [-0.39, 0.29) is 5.41 Å². The molecule has 0 aromatic carbocycles. The number of furan rings is 1. The fraction of sp³-hybridized carbons (Fsp3) is 0.692. The van der Waals surface area contributed by atoms with Crippen LogP contribution in [0.1, 0.15) is 52.0 Å². The Kier molecular flexibility index (Phi) is 3.97. The standard InChI is InChI=1S/C13H23NO/c1-6-11-10(8-9-15-11)12(14-7-2)13(3,4)5/h8-9,12,14H,6-7H2,1-5H3. The zero-order valence-electron chi connectivity index (χ0n) is 10.6. The van der Waals surface area contributed by atoms with Gasteiger partial charge in [0, 0.05) is 18.0 Å². The molecule has 0 aliphatic rings. The summed E-state index contributed by atoms with van der Waals surface area (Å²) in [6.45, 7) is 12.0. The van der Waals surface area contributed by atoms with Crippen LogP contribution in [-0.4, -0.2) is 6.54 Å². The summed E-state index contributed by atoms with van der Waals surface area (Å²) in [5, 5.41) is 3.54. The van der Waals surface area contributed by atoms with E-state index in [1.165, 1.54) is 5.56 Å². The maximum absolute atomic E-state index is 5.50. The summed E-state index contributed by atoms with van der Waals surface area (Å²) in [4.78, 5) is 0. The van der Waals surface area contributed by atoms with Crippen LogP contribution >= 0.6 is 0 Å². The molecule has 1 unspecified atom stereocenters. The summed E-state index contributed by atoms with van der Waals surface area (Å²) in [5.74, 6) is 1.11. The molecule has 0 amide bonds. The Morgan fingerprint density at radius 2 is 2.00 bits per heavy atom. The summed E-state index contributed by atoms with van der Waals surface area (Å²) in [6.07, 6.45) is 2.75. The van der Waals surface area contributed by atoms with Crippen molar-refractivity contribution in [1.82, 2.24) is 5.32 Å². The van der Waals surface area contributed by atoms with E-state index in [9.17, 15) is 0 Å². The summed E-state index contributed by atoms with van der Waals surface area (Å²) in [6, 6.07) is 2.47. The average molecular weight is 209 g/mol. The maximum Gasteiger partial charge on any atom is 0.108 e. The summed E-state index contributed by atoms with van der Waals surface area (Å²) >= 11 is 0. The van der Waals surface area contributed by atoms with Crippen LogP contribution in [0, 0.1) is 5.41 Å². The van der Waals surface area contributed by atoms with E-state index in [0.717, 1.165) is 18.7 Å². The van der Waals surface area contributed by atoms with Gasteiger partial charge in [0.2, 0.25) is 0 Å². The van der Waals surface area contributed by atoms with Gasteiger partial charge < -0.3 is 9.73 Å². The SMILES string of the molecule is CCNC(c1ccoc1CC)C(C)(C)C. The van der Waals surface area contributed by atoms with Crippen molar-refractivity contribution in [2.45, 2.75) is 47.1 Å². The van der Waals surface area contributed by atoms with Gasteiger partial charge in [-0.1, -0.05) is 34.6 Å². The van der Waals surface area contributed by atoms with Crippen molar-refractivity contribution in [3.8, 4) is 0 Å². The highest BCUT2D eigenvalue weighted by atomic mass is 16.3. The molecule has 1 atom stereocenters. The van der Waals surface area contributed by atoms with Gasteiger partial charge in [0.05, 0.1) is 6.26 Å². The molecule has 1 heterocycles. The highest BCUT2D eigenvalue weighted by molar-refractivity contribution is 5.23. The van der Waals surface area contributed by atoms with Crippen LogP contribution in [0.25, 0.3) is 0 Å². The minimum atomic E-state index is 0.212. The Bertz CT molecular complexity index is 296. The fourth-order valence-electron chi connectivity index (χ4n) is 1.98. The van der Waals surface area contributed by atoms with E-state index in [1.54, 1.807) is 6.26 Å². The second-order valence-electron chi connectivity index (χ2n) is 5.01. The van der Waals surface area contributed by atoms with E-state index in [1.807, 2.05) is 0 Å². The van der Waals surface area contributed by atoms with Crippen molar-refractivity contribution in [1.29, 1.82) is 0 Å². The monoisotopic (exact) mass is 209 g/mol. The van der Waals surface area contributed by atoms with Crippen LogP contribution < -0.4 is 5.32 Å². The molecule has 1 N–H and O–H groups in total. The number of hydrogen-bond acceptors (Lipinski definition) is 2. The third kappa shape index (κ3) is 2.85. The minimum Gasteiger partial charge on any atom is -0.469 e. The summed E-state index contributed by atoms with van der Waals surface area (Å²) in [5.41, 5.74) is 1.52. The molecule has 0 aliphatic heterocycles. The van der Waals surface area contributed by atoms with E-state index in [2.05, 4.69) is 46.0 Å². The van der Waals surface area contributed by atoms with Crippen molar-refractivity contribution in [3.63, 3.8) is 0 Å². The summed E-state index contributed by atoms with van der Waals surface area (Å²) < 4.78 is 5.50. The molecule has 0 saturated carbocycles. The van der Waals surface area contributed by atoms with E-state index in [0.29, 0.717) is 6.04 Å². The van der Waals surface area contributed by atoms with Gasteiger partial charge >= 0.3 is 0 Å². The number of rotatable bonds is 4. The Morgan fingerprint density at radius 1 is 1.33 bits per heavy atom. The predicted octanol–water partition coefficient (Wildman–Crippen LogP) is 3.54. The molecule has 2 nitrogen and oxygen atoms in total. The predicted molar refractivity (Wildman–Crippen MR) is 64.0 cm³/mol. The van der Waals surface area contributed by atoms with Gasteiger partial charge in [-0.15, -0.1) is 0 Å². The Labute approximate surface area is 93.1 Å². The maximum atomic E-state index is 5.50. The molecule has 0 bridgehead atoms. The van der Waals surface area contributed by atoms with Crippen LogP contribution in [0.4, 0.5) is 0 Å². The van der Waals surface area contributed by atoms with E-state index in [4.69, 9.17) is 4.42 Å². The molecular weight excluding hydrogens is 186 g/mol. The lowest BCUT2D eigenvalue weighted by Crippen LogP contribution is -2.32. The second kappa shape index (κ2) is 4.84. The lowest BCUT2D eigenvalue weighted by Gasteiger charge is -2.31. The van der Waals surface area contributed by atoms with Crippen LogP contribution in [0.5, 0.6) is 0 Å². The molecule has 0 spiro atoms. The lowest BCUT2D eigenvalue weighted by atomic mass is 9.82. The van der Waals surface area contributed by atoms with Crippen molar-refractivity contribution in [2.24, 2.45) is 5.41 Å². The van der Waals surface area contributed by atoms with E-state index < -0.39 is 0 Å². The first-order valence-corrected chi connectivity index (χ1v) is 5.80. The first kappa shape index (κ1) is 12.3. The molecular formula is C13H23NO. The Morgan fingerprint density at radius 3 is 2.47 bits per heavy atom. The van der Waals surface area contributed by atoms with Crippen LogP contribution in [-0.2, 0) is 6.42 Å². The zero-order valence-corrected chi connectivity index (χ0v) is 10.6.